The molecular weight excluding hydrogens is 184 g/mol. The van der Waals surface area contributed by atoms with E-state index in [0.717, 1.165) is 0 Å². The first kappa shape index (κ1) is 11.5. The zero-order valence-electron chi connectivity index (χ0n) is 8.80. The molecule has 1 aliphatic rings. The van der Waals surface area contributed by atoms with Crippen molar-refractivity contribution in [2.45, 2.75) is 45.5 Å². The molecule has 1 rings (SSSR count). The highest BCUT2D eigenvalue weighted by molar-refractivity contribution is 5.73. The summed E-state index contributed by atoms with van der Waals surface area (Å²) >= 11 is 0. The van der Waals surface area contributed by atoms with Crippen molar-refractivity contribution < 1.29 is 19.7 Å². The third-order valence-electron chi connectivity index (χ3n) is 3.02. The lowest BCUT2D eigenvalue weighted by Gasteiger charge is -2.26. The second-order valence-corrected chi connectivity index (χ2v) is 3.98. The van der Waals surface area contributed by atoms with E-state index in [1.165, 1.54) is 0 Å². The number of ether oxygens (including phenoxy) is 1. The van der Waals surface area contributed by atoms with Crippen molar-refractivity contribution in [2.24, 2.45) is 11.8 Å². The highest BCUT2D eigenvalue weighted by Gasteiger charge is 2.41. The van der Waals surface area contributed by atoms with Crippen molar-refractivity contribution in [1.29, 1.82) is 0 Å². The minimum atomic E-state index is -0.813. The third-order valence-corrected chi connectivity index (χ3v) is 3.02. The smallest absolute Gasteiger partial charge is 0.311 e. The Hall–Kier alpha value is -0.610. The monoisotopic (exact) mass is 202 g/mol. The van der Waals surface area contributed by atoms with Crippen molar-refractivity contribution in [1.82, 2.24) is 0 Å². The van der Waals surface area contributed by atoms with E-state index in [1.807, 2.05) is 6.92 Å². The molecule has 1 saturated heterocycles. The number of cyclic esters (lactones) is 1. The van der Waals surface area contributed by atoms with Crippen molar-refractivity contribution >= 4 is 5.97 Å². The fourth-order valence-corrected chi connectivity index (χ4v) is 1.90. The molecule has 14 heavy (non-hydrogen) atoms. The largest absolute Gasteiger partial charge is 0.460 e. The summed E-state index contributed by atoms with van der Waals surface area (Å²) in [6, 6.07) is 0. The maximum absolute atomic E-state index is 11.3. The number of carbonyl (C=O) groups is 1. The maximum atomic E-state index is 11.3. The summed E-state index contributed by atoms with van der Waals surface area (Å²) < 4.78 is 4.99. The van der Waals surface area contributed by atoms with Gasteiger partial charge in [-0.3, -0.25) is 4.79 Å². The molecule has 0 aromatic rings. The van der Waals surface area contributed by atoms with Crippen LogP contribution in [0.5, 0.6) is 0 Å². The van der Waals surface area contributed by atoms with Crippen LogP contribution in [0, 0.1) is 11.8 Å². The van der Waals surface area contributed by atoms with Gasteiger partial charge < -0.3 is 14.9 Å². The van der Waals surface area contributed by atoms with E-state index in [9.17, 15) is 15.0 Å². The summed E-state index contributed by atoms with van der Waals surface area (Å²) in [6.07, 6.45) is -1.49. The second-order valence-electron chi connectivity index (χ2n) is 3.98. The number of carbonyl (C=O) groups excluding carboxylic acids is 1. The van der Waals surface area contributed by atoms with E-state index in [0.29, 0.717) is 6.42 Å². The third kappa shape index (κ3) is 1.91. The molecule has 1 heterocycles. The van der Waals surface area contributed by atoms with Crippen LogP contribution >= 0.6 is 0 Å². The van der Waals surface area contributed by atoms with Crippen molar-refractivity contribution in [3.8, 4) is 0 Å². The lowest BCUT2D eigenvalue weighted by molar-refractivity contribution is -0.156. The molecule has 0 radical (unpaired) electrons. The van der Waals surface area contributed by atoms with Gasteiger partial charge in [-0.25, -0.2) is 0 Å². The number of aliphatic hydroxyl groups is 2. The highest BCUT2D eigenvalue weighted by atomic mass is 16.6. The van der Waals surface area contributed by atoms with Gasteiger partial charge >= 0.3 is 5.97 Å². The van der Waals surface area contributed by atoms with Crippen molar-refractivity contribution in [3.63, 3.8) is 0 Å². The first-order valence-electron chi connectivity index (χ1n) is 5.05. The van der Waals surface area contributed by atoms with Gasteiger partial charge in [0.25, 0.3) is 0 Å². The van der Waals surface area contributed by atoms with Crippen LogP contribution in [0.3, 0.4) is 0 Å². The summed E-state index contributed by atoms with van der Waals surface area (Å²) in [6.45, 7) is 5.16. The molecule has 0 amide bonds. The number of hydrogen-bond acceptors (Lipinski definition) is 4. The topological polar surface area (TPSA) is 66.8 Å². The molecule has 1 unspecified atom stereocenters. The molecule has 82 valence electrons. The van der Waals surface area contributed by atoms with Crippen LogP contribution in [-0.4, -0.2) is 34.5 Å². The molecule has 0 aromatic carbocycles. The zero-order valence-corrected chi connectivity index (χ0v) is 8.80. The predicted octanol–water partition coefficient (Wildman–Crippen LogP) is 0.316. The predicted molar refractivity (Wildman–Crippen MR) is 50.5 cm³/mol. The first-order valence-corrected chi connectivity index (χ1v) is 5.05. The van der Waals surface area contributed by atoms with Gasteiger partial charge in [-0.2, -0.15) is 0 Å². The van der Waals surface area contributed by atoms with Crippen LogP contribution in [-0.2, 0) is 9.53 Å². The molecule has 0 bridgehead atoms. The Bertz CT molecular complexity index is 216. The molecule has 1 aliphatic heterocycles. The van der Waals surface area contributed by atoms with Gasteiger partial charge in [-0.05, 0) is 20.3 Å². The normalized spacial score (nSPS) is 44.4. The number of rotatable bonds is 1. The average molecular weight is 202 g/mol. The number of aliphatic hydroxyl groups excluding tert-OH is 2. The molecule has 5 atom stereocenters. The fraction of sp³-hybridized carbons (Fsp3) is 0.900. The minimum absolute atomic E-state index is 0.286. The van der Waals surface area contributed by atoms with E-state index in [2.05, 4.69) is 0 Å². The Balaban J connectivity index is 2.89. The van der Waals surface area contributed by atoms with Crippen LogP contribution in [0.25, 0.3) is 0 Å². The van der Waals surface area contributed by atoms with Gasteiger partial charge in [0.05, 0.1) is 18.1 Å². The molecule has 4 nitrogen and oxygen atoms in total. The standard InChI is InChI=1S/C10H18O4/c1-4-7-8(11)5(2)10(13)14-6(3)9(7)12/h5-9,11-12H,4H2,1-3H3/t5-,6?,7-,8-,9-/m0/s1. The van der Waals surface area contributed by atoms with Crippen LogP contribution in [0.1, 0.15) is 27.2 Å². The lowest BCUT2D eigenvalue weighted by Crippen LogP contribution is -2.38. The van der Waals surface area contributed by atoms with Crippen molar-refractivity contribution in [3.05, 3.63) is 0 Å². The minimum Gasteiger partial charge on any atom is -0.460 e. The van der Waals surface area contributed by atoms with E-state index in [4.69, 9.17) is 4.74 Å². The summed E-state index contributed by atoms with van der Waals surface area (Å²) in [5.74, 6) is -1.27. The average Bonchev–Trinajstić information content (AvgIpc) is 2.21. The van der Waals surface area contributed by atoms with Gasteiger partial charge in [0.15, 0.2) is 0 Å². The summed E-state index contributed by atoms with van der Waals surface area (Å²) in [5, 5.41) is 19.6. The van der Waals surface area contributed by atoms with E-state index in [1.54, 1.807) is 13.8 Å². The van der Waals surface area contributed by atoms with E-state index >= 15 is 0 Å². The quantitative estimate of drug-likeness (QED) is 0.601. The van der Waals surface area contributed by atoms with Gasteiger partial charge in [-0.1, -0.05) is 6.92 Å². The Labute approximate surface area is 83.9 Å². The van der Waals surface area contributed by atoms with Crippen LogP contribution < -0.4 is 0 Å². The molecule has 0 spiro atoms. The molecule has 0 aromatic heterocycles. The maximum Gasteiger partial charge on any atom is 0.311 e. The molecule has 2 N–H and O–H groups in total. The Kier molecular flexibility index (Phi) is 3.50. The van der Waals surface area contributed by atoms with Gasteiger partial charge in [0.1, 0.15) is 6.10 Å². The lowest BCUT2D eigenvalue weighted by atomic mass is 9.85. The highest BCUT2D eigenvalue weighted by Crippen LogP contribution is 2.27. The number of esters is 1. The number of hydrogen-bond donors (Lipinski definition) is 2. The molecule has 1 fully saturated rings. The fourth-order valence-electron chi connectivity index (χ4n) is 1.90. The molecule has 0 saturated carbocycles. The SMILES string of the molecule is CC[C@H]1[C@@H](O)[C@H](C)C(=O)OC(C)[C@@H]1O. The Morgan fingerprint density at radius 2 is 1.86 bits per heavy atom. The first-order chi connectivity index (χ1) is 6.49. The van der Waals surface area contributed by atoms with Gasteiger partial charge in [0, 0.05) is 5.92 Å². The van der Waals surface area contributed by atoms with E-state index in [-0.39, 0.29) is 5.92 Å². The zero-order chi connectivity index (χ0) is 10.9. The Morgan fingerprint density at radius 3 is 2.36 bits per heavy atom. The molecular formula is C10H18O4. The Morgan fingerprint density at radius 1 is 1.29 bits per heavy atom. The molecule has 4 heteroatoms. The summed E-state index contributed by atoms with van der Waals surface area (Å²) in [7, 11) is 0. The summed E-state index contributed by atoms with van der Waals surface area (Å²) in [4.78, 5) is 11.3. The van der Waals surface area contributed by atoms with Crippen LogP contribution in [0.4, 0.5) is 0 Å². The second kappa shape index (κ2) is 4.28. The van der Waals surface area contributed by atoms with Gasteiger partial charge in [-0.15, -0.1) is 0 Å². The van der Waals surface area contributed by atoms with Gasteiger partial charge in [0.2, 0.25) is 0 Å². The van der Waals surface area contributed by atoms with E-state index < -0.39 is 30.2 Å². The molecule has 0 aliphatic carbocycles. The van der Waals surface area contributed by atoms with Crippen LogP contribution in [0.2, 0.25) is 0 Å². The van der Waals surface area contributed by atoms with Crippen LogP contribution in [0.15, 0.2) is 0 Å². The van der Waals surface area contributed by atoms with Crippen molar-refractivity contribution in [2.75, 3.05) is 0 Å². The summed E-state index contributed by atoms with van der Waals surface area (Å²) in [5.41, 5.74) is 0.